The van der Waals surface area contributed by atoms with Crippen LogP contribution >= 0.6 is 0 Å². The summed E-state index contributed by atoms with van der Waals surface area (Å²) in [4.78, 5) is 20.2. The van der Waals surface area contributed by atoms with Crippen molar-refractivity contribution < 1.29 is 4.79 Å². The van der Waals surface area contributed by atoms with Crippen molar-refractivity contribution in [3.63, 3.8) is 0 Å². The summed E-state index contributed by atoms with van der Waals surface area (Å²) in [5.41, 5.74) is 1.77. The lowest BCUT2D eigenvalue weighted by Crippen LogP contribution is -2.43. The molecule has 1 heterocycles. The van der Waals surface area contributed by atoms with E-state index in [1.54, 1.807) is 12.4 Å². The van der Waals surface area contributed by atoms with E-state index in [9.17, 15) is 4.79 Å². The maximum Gasteiger partial charge on any atom is 0.236 e. The Bertz CT molecular complexity index is 394. The number of aryl methyl sites for hydroxylation is 1. The number of nitrogens with one attached hydrogen (secondary N) is 2. The molecule has 0 aliphatic carbocycles. The Balaban J connectivity index is 2.57. The Morgan fingerprint density at radius 2 is 2.00 bits per heavy atom. The number of nitrogens with zero attached hydrogens (tertiary/aromatic N) is 2. The summed E-state index contributed by atoms with van der Waals surface area (Å²) in [6.07, 6.45) is 4.28. The van der Waals surface area contributed by atoms with Gasteiger partial charge in [-0.25, -0.2) is 0 Å². The fourth-order valence-corrected chi connectivity index (χ4v) is 1.77. The number of carbonyl (C=O) groups is 1. The van der Waals surface area contributed by atoms with Gasteiger partial charge in [0.25, 0.3) is 0 Å². The zero-order valence-electron chi connectivity index (χ0n) is 11.5. The third-order valence-electron chi connectivity index (χ3n) is 2.77. The van der Waals surface area contributed by atoms with Crippen molar-refractivity contribution in [1.29, 1.82) is 0 Å². The molecular weight excluding hydrogens is 228 g/mol. The van der Waals surface area contributed by atoms with Crippen molar-refractivity contribution in [2.45, 2.75) is 46.2 Å². The Hall–Kier alpha value is -1.49. The highest BCUT2D eigenvalue weighted by Crippen LogP contribution is 2.12. The van der Waals surface area contributed by atoms with Crippen molar-refractivity contribution in [2.24, 2.45) is 0 Å². The third kappa shape index (κ3) is 4.07. The highest BCUT2D eigenvalue weighted by Gasteiger charge is 2.17. The maximum atomic E-state index is 11.7. The van der Waals surface area contributed by atoms with Crippen LogP contribution in [0.1, 0.15) is 44.6 Å². The van der Waals surface area contributed by atoms with Crippen molar-refractivity contribution >= 4 is 5.91 Å². The highest BCUT2D eigenvalue weighted by molar-refractivity contribution is 5.81. The Labute approximate surface area is 108 Å². The molecule has 0 aliphatic heterocycles. The summed E-state index contributed by atoms with van der Waals surface area (Å²) in [6.45, 7) is 8.50. The largest absolute Gasteiger partial charge is 0.355 e. The van der Waals surface area contributed by atoms with E-state index in [2.05, 4.69) is 20.6 Å². The van der Waals surface area contributed by atoms with Gasteiger partial charge in [0.05, 0.1) is 17.4 Å². The van der Waals surface area contributed by atoms with Crippen LogP contribution < -0.4 is 10.6 Å². The van der Waals surface area contributed by atoms with Crippen LogP contribution in [-0.2, 0) is 4.79 Å². The summed E-state index contributed by atoms with van der Waals surface area (Å²) >= 11 is 0. The molecule has 5 heteroatoms. The van der Waals surface area contributed by atoms with Crippen molar-refractivity contribution in [2.75, 3.05) is 6.54 Å². The summed E-state index contributed by atoms with van der Waals surface area (Å²) in [5, 5.41) is 6.10. The minimum absolute atomic E-state index is 0.000997. The van der Waals surface area contributed by atoms with Crippen LogP contribution in [0.2, 0.25) is 0 Å². The predicted octanol–water partition coefficient (Wildman–Crippen LogP) is 1.35. The number of rotatable bonds is 6. The van der Waals surface area contributed by atoms with Crippen LogP contribution in [0.25, 0.3) is 0 Å². The highest BCUT2D eigenvalue weighted by atomic mass is 16.2. The second-order valence-electron chi connectivity index (χ2n) is 4.43. The zero-order chi connectivity index (χ0) is 13.5. The van der Waals surface area contributed by atoms with Gasteiger partial charge < -0.3 is 5.32 Å². The van der Waals surface area contributed by atoms with Crippen molar-refractivity contribution in [3.05, 3.63) is 23.8 Å². The average molecular weight is 250 g/mol. The summed E-state index contributed by atoms with van der Waals surface area (Å²) in [7, 11) is 0. The second-order valence-corrected chi connectivity index (χ2v) is 4.43. The molecule has 2 unspecified atom stereocenters. The first-order chi connectivity index (χ1) is 8.56. The van der Waals surface area contributed by atoms with Gasteiger partial charge in [-0.05, 0) is 27.2 Å². The van der Waals surface area contributed by atoms with E-state index < -0.39 is 0 Å². The predicted molar refractivity (Wildman–Crippen MR) is 71.1 cm³/mol. The first-order valence-corrected chi connectivity index (χ1v) is 6.37. The molecule has 0 radical (unpaired) electrons. The van der Waals surface area contributed by atoms with E-state index in [0.717, 1.165) is 17.8 Å². The molecule has 5 nitrogen and oxygen atoms in total. The minimum Gasteiger partial charge on any atom is -0.355 e. The summed E-state index contributed by atoms with van der Waals surface area (Å²) < 4.78 is 0. The quantitative estimate of drug-likeness (QED) is 0.800. The molecule has 0 aromatic carbocycles. The van der Waals surface area contributed by atoms with Gasteiger partial charge in [-0.3, -0.25) is 20.1 Å². The Morgan fingerprint density at radius 1 is 1.33 bits per heavy atom. The molecule has 1 amide bonds. The molecule has 1 aromatic heterocycles. The van der Waals surface area contributed by atoms with Gasteiger partial charge in [-0.1, -0.05) is 6.92 Å². The lowest BCUT2D eigenvalue weighted by molar-refractivity contribution is -0.122. The molecule has 2 atom stereocenters. The fourth-order valence-electron chi connectivity index (χ4n) is 1.77. The van der Waals surface area contributed by atoms with E-state index in [1.165, 1.54) is 0 Å². The Morgan fingerprint density at radius 3 is 2.61 bits per heavy atom. The lowest BCUT2D eigenvalue weighted by Gasteiger charge is -2.19. The number of hydrogen-bond donors (Lipinski definition) is 2. The van der Waals surface area contributed by atoms with E-state index in [4.69, 9.17) is 0 Å². The van der Waals surface area contributed by atoms with Crippen LogP contribution in [-0.4, -0.2) is 28.5 Å². The second kappa shape index (κ2) is 7.06. The summed E-state index contributed by atoms with van der Waals surface area (Å²) in [5.74, 6) is 0.0187. The number of carbonyl (C=O) groups excluding carboxylic acids is 1. The maximum absolute atomic E-state index is 11.7. The van der Waals surface area contributed by atoms with Crippen LogP contribution in [0.3, 0.4) is 0 Å². The fraction of sp³-hybridized carbons (Fsp3) is 0.615. The van der Waals surface area contributed by atoms with Crippen LogP contribution in [0.4, 0.5) is 0 Å². The molecule has 0 bridgehead atoms. The molecule has 18 heavy (non-hydrogen) atoms. The molecule has 0 spiro atoms. The van der Waals surface area contributed by atoms with Gasteiger partial charge in [-0.15, -0.1) is 0 Å². The SMILES string of the molecule is CCCNC(=O)C(C)NC(C)c1nccnc1C. The molecule has 0 fully saturated rings. The van der Waals surface area contributed by atoms with Crippen LogP contribution in [0, 0.1) is 6.92 Å². The van der Waals surface area contributed by atoms with Gasteiger partial charge in [-0.2, -0.15) is 0 Å². The van der Waals surface area contributed by atoms with Gasteiger partial charge in [0.15, 0.2) is 0 Å². The molecule has 0 aliphatic rings. The van der Waals surface area contributed by atoms with Gasteiger partial charge in [0.2, 0.25) is 5.91 Å². The smallest absolute Gasteiger partial charge is 0.236 e. The molecule has 100 valence electrons. The van der Waals surface area contributed by atoms with E-state index >= 15 is 0 Å². The Kier molecular flexibility index (Phi) is 5.71. The van der Waals surface area contributed by atoms with Crippen LogP contribution in [0.15, 0.2) is 12.4 Å². The standard InChI is InChI=1S/C13H22N4O/c1-5-6-16-13(18)11(4)17-10(3)12-9(2)14-7-8-15-12/h7-8,10-11,17H,5-6H2,1-4H3,(H,16,18). The normalized spacial score (nSPS) is 14.0. The zero-order valence-corrected chi connectivity index (χ0v) is 11.5. The van der Waals surface area contributed by atoms with Crippen molar-refractivity contribution in [3.8, 4) is 0 Å². The first-order valence-electron chi connectivity index (χ1n) is 6.37. The molecule has 1 rings (SSSR count). The van der Waals surface area contributed by atoms with Crippen molar-refractivity contribution in [1.82, 2.24) is 20.6 Å². The number of aromatic nitrogens is 2. The molecule has 1 aromatic rings. The van der Waals surface area contributed by atoms with Gasteiger partial charge in [0, 0.05) is 25.0 Å². The molecule has 0 saturated heterocycles. The van der Waals surface area contributed by atoms with E-state index in [-0.39, 0.29) is 18.0 Å². The minimum atomic E-state index is -0.243. The van der Waals surface area contributed by atoms with E-state index in [0.29, 0.717) is 6.54 Å². The number of amides is 1. The lowest BCUT2D eigenvalue weighted by atomic mass is 10.1. The van der Waals surface area contributed by atoms with Gasteiger partial charge >= 0.3 is 0 Å². The van der Waals surface area contributed by atoms with E-state index in [1.807, 2.05) is 27.7 Å². The topological polar surface area (TPSA) is 66.9 Å². The van der Waals surface area contributed by atoms with Crippen LogP contribution in [0.5, 0.6) is 0 Å². The van der Waals surface area contributed by atoms with Gasteiger partial charge in [0.1, 0.15) is 0 Å². The first kappa shape index (κ1) is 14.6. The summed E-state index contributed by atoms with van der Waals surface area (Å²) in [6, 6.07) is -0.242. The monoisotopic (exact) mass is 250 g/mol. The molecule has 0 saturated carbocycles. The molecular formula is C13H22N4O. The third-order valence-corrected chi connectivity index (χ3v) is 2.77. The number of hydrogen-bond acceptors (Lipinski definition) is 4. The molecule has 2 N–H and O–H groups in total. The average Bonchev–Trinajstić information content (AvgIpc) is 2.36.